The third-order valence-corrected chi connectivity index (χ3v) is 10.5. The molecule has 0 bridgehead atoms. The summed E-state index contributed by atoms with van der Waals surface area (Å²) in [4.78, 5) is 44.3. The zero-order chi connectivity index (χ0) is 48.3. The predicted molar refractivity (Wildman–Crippen MR) is 281 cm³/mol. The van der Waals surface area contributed by atoms with Gasteiger partial charge in [0.15, 0.2) is 5.78 Å². The first-order valence-corrected chi connectivity index (χ1v) is 23.4. The lowest BCUT2D eigenvalue weighted by molar-refractivity contribution is -0.152. The molecule has 0 heterocycles. The Bertz CT molecular complexity index is 2470. The molecule has 8 heteroatoms. The van der Waals surface area contributed by atoms with Gasteiger partial charge in [-0.15, -0.1) is 0 Å². The summed E-state index contributed by atoms with van der Waals surface area (Å²) in [6.07, 6.45) is 1.25. The van der Waals surface area contributed by atoms with Crippen molar-refractivity contribution < 1.29 is 20.5 Å². The standard InChI is InChI=1S/C23H21NO.C19H21NO2.C10H13NO.C7H7Br/c1-18(25)22(17-19-11-5-2-6-12-19)24-23(20-13-7-3-8-14-20)21-15-9-4-10-16-21;1-19(2,3)22-17(21)14-20-18(15-10-6-4-7-11-15)16-12-8-5-9-13-16;1-8(12)10(11)7-9-5-3-2-4-6-9;8-6-7-4-2-1-3-5-7/h2-16,22H,17H2,1H3;4-13H,14H2,1-3H3;2-6,10H,7,11H2,1H3;1-5H,6H2/p+1. The Hall–Kier alpha value is -6.87. The largest absolute Gasteiger partial charge is 1.00 e. The summed E-state index contributed by atoms with van der Waals surface area (Å²) in [6.45, 7) is 8.70. The first kappa shape index (κ1) is 52.8. The molecular weight excluding hydrogens is 895 g/mol. The summed E-state index contributed by atoms with van der Waals surface area (Å²) in [5.41, 5.74) is 14.3. The Morgan fingerprint density at radius 3 is 1.15 bits per heavy atom. The van der Waals surface area contributed by atoms with Gasteiger partial charge in [-0.1, -0.05) is 228 Å². The number of carbonyl (C=O) groups is 3. The van der Waals surface area contributed by atoms with Crippen LogP contribution in [-0.2, 0) is 37.3 Å². The Morgan fingerprint density at radius 1 is 0.507 bits per heavy atom. The molecule has 7 aromatic rings. The highest BCUT2D eigenvalue weighted by Crippen LogP contribution is 2.16. The molecule has 7 nitrogen and oxygen atoms in total. The summed E-state index contributed by atoms with van der Waals surface area (Å²) in [5, 5.41) is 0.952. The highest BCUT2D eigenvalue weighted by Gasteiger charge is 2.18. The second kappa shape index (κ2) is 28.9. The van der Waals surface area contributed by atoms with Crippen LogP contribution in [0.1, 0.15) is 75.0 Å². The number of hydrogen-bond acceptors (Lipinski definition) is 7. The zero-order valence-corrected chi connectivity index (χ0v) is 40.8. The lowest BCUT2D eigenvalue weighted by atomic mass is 9.99. The molecule has 7 rings (SSSR count). The van der Waals surface area contributed by atoms with Crippen molar-refractivity contribution in [2.75, 3.05) is 6.54 Å². The average molecular weight is 958 g/mol. The maximum atomic E-state index is 12.2. The van der Waals surface area contributed by atoms with Crippen LogP contribution in [0.25, 0.3) is 0 Å². The van der Waals surface area contributed by atoms with Gasteiger partial charge in [-0.25, -0.2) is 0 Å². The van der Waals surface area contributed by atoms with Gasteiger partial charge < -0.3 is 10.5 Å². The van der Waals surface area contributed by atoms with Crippen molar-refractivity contribution >= 4 is 44.9 Å². The first-order valence-electron chi connectivity index (χ1n) is 22.3. The molecule has 0 radical (unpaired) electrons. The second-order valence-corrected chi connectivity index (χ2v) is 17.1. The molecule has 0 aliphatic carbocycles. The fourth-order valence-corrected chi connectivity index (χ4v) is 6.79. The third-order valence-electron chi connectivity index (χ3n) is 9.82. The fraction of sp³-hybridized carbons (Fsp3) is 0.203. The van der Waals surface area contributed by atoms with E-state index in [0.29, 0.717) is 12.8 Å². The molecule has 344 valence electrons. The number of nitrogens with two attached hydrogens (primary N) is 1. The smallest absolute Gasteiger partial charge is 0.459 e. The average Bonchev–Trinajstić information content (AvgIpc) is 3.35. The number of rotatable bonds is 14. The topological polar surface area (TPSA) is 111 Å². The third kappa shape index (κ3) is 20.5. The van der Waals surface area contributed by atoms with Crippen molar-refractivity contribution in [2.45, 2.75) is 70.5 Å². The number of benzene rings is 7. The van der Waals surface area contributed by atoms with Gasteiger partial charge in [0.25, 0.3) is 0 Å². The SMILES string of the molecule is BrCc1ccccc1.CC(=O)C(Cc1ccccc1)N=C(c1ccccc1)c1ccccc1.CC(=O)C(N)Cc1ccccc1.CC(C)(C)OC(=O)CN=C(c1ccccc1)c1ccccc1.[H+]. The Labute approximate surface area is 407 Å². The second-order valence-electron chi connectivity index (χ2n) is 16.5. The molecule has 0 aliphatic rings. The van der Waals surface area contributed by atoms with Gasteiger partial charge >= 0.3 is 7.40 Å². The number of ether oxygens (including phenoxy) is 1. The van der Waals surface area contributed by atoms with Crippen LogP contribution in [-0.4, -0.2) is 53.2 Å². The number of nitrogens with zero attached hydrogens (tertiary/aromatic N) is 2. The summed E-state index contributed by atoms with van der Waals surface area (Å²) in [6, 6.07) is 69.1. The van der Waals surface area contributed by atoms with Crippen LogP contribution in [0.2, 0.25) is 0 Å². The van der Waals surface area contributed by atoms with E-state index >= 15 is 0 Å². The van der Waals surface area contributed by atoms with Crippen LogP contribution in [0.15, 0.2) is 222 Å². The first-order chi connectivity index (χ1) is 32.3. The van der Waals surface area contributed by atoms with Crippen LogP contribution in [0.5, 0.6) is 0 Å². The van der Waals surface area contributed by atoms with Crippen molar-refractivity contribution in [3.63, 3.8) is 0 Å². The van der Waals surface area contributed by atoms with Crippen molar-refractivity contribution in [3.8, 4) is 0 Å². The summed E-state index contributed by atoms with van der Waals surface area (Å²) < 4.78 is 5.31. The number of aliphatic imine (C=N–C) groups is 2. The number of carbonyl (C=O) groups excluding carboxylic acids is 3. The van der Waals surface area contributed by atoms with E-state index in [-0.39, 0.29) is 31.5 Å². The highest BCUT2D eigenvalue weighted by molar-refractivity contribution is 9.08. The van der Waals surface area contributed by atoms with Gasteiger partial charge in [0.1, 0.15) is 24.0 Å². The van der Waals surface area contributed by atoms with Crippen LogP contribution >= 0.6 is 15.9 Å². The van der Waals surface area contributed by atoms with Gasteiger partial charge in [-0.05, 0) is 57.7 Å². The molecule has 0 saturated heterocycles. The Balaban J connectivity index is 0.000000258. The molecule has 0 saturated carbocycles. The van der Waals surface area contributed by atoms with E-state index in [4.69, 9.17) is 15.5 Å². The maximum Gasteiger partial charge on any atom is 1.00 e. The Kier molecular flexibility index (Phi) is 22.8. The number of halogens is 1. The van der Waals surface area contributed by atoms with Crippen molar-refractivity contribution in [1.29, 1.82) is 0 Å². The van der Waals surface area contributed by atoms with Gasteiger partial charge in [0, 0.05) is 34.0 Å². The molecule has 0 spiro atoms. The van der Waals surface area contributed by atoms with Gasteiger partial charge in [0.2, 0.25) is 0 Å². The number of alkyl halides is 1. The minimum absolute atomic E-state index is 0. The lowest BCUT2D eigenvalue weighted by Crippen LogP contribution is -2.30. The maximum absolute atomic E-state index is 12.2. The molecule has 2 N–H and O–H groups in total. The van der Waals surface area contributed by atoms with Crippen molar-refractivity contribution in [1.82, 2.24) is 0 Å². The summed E-state index contributed by atoms with van der Waals surface area (Å²) in [7, 11) is 0. The summed E-state index contributed by atoms with van der Waals surface area (Å²) in [5.74, 6) is -0.205. The van der Waals surface area contributed by atoms with Crippen LogP contribution in [0, 0.1) is 0 Å². The van der Waals surface area contributed by atoms with Gasteiger partial charge in [-0.3, -0.25) is 24.4 Å². The number of ketones is 2. The predicted octanol–water partition coefficient (Wildman–Crippen LogP) is 12.4. The van der Waals surface area contributed by atoms with Crippen LogP contribution < -0.4 is 5.73 Å². The van der Waals surface area contributed by atoms with Crippen molar-refractivity contribution in [3.05, 3.63) is 251 Å². The van der Waals surface area contributed by atoms with E-state index in [0.717, 1.165) is 50.1 Å². The summed E-state index contributed by atoms with van der Waals surface area (Å²) >= 11 is 3.36. The molecule has 2 unspecified atom stereocenters. The van der Waals surface area contributed by atoms with E-state index in [1.54, 1.807) is 6.92 Å². The molecule has 0 aromatic heterocycles. The quantitative estimate of drug-likeness (QED) is 0.0663. The molecule has 0 fully saturated rings. The monoisotopic (exact) mass is 956 g/mol. The number of Topliss-reactive ketones (excluding diaryl/α,β-unsaturated/α-hetero) is 2. The van der Waals surface area contributed by atoms with Crippen LogP contribution in [0.3, 0.4) is 0 Å². The van der Waals surface area contributed by atoms with E-state index < -0.39 is 11.6 Å². The van der Waals surface area contributed by atoms with E-state index in [1.165, 1.54) is 12.5 Å². The molecule has 0 amide bonds. The molecule has 67 heavy (non-hydrogen) atoms. The normalized spacial score (nSPS) is 11.2. The Morgan fingerprint density at radius 2 is 0.836 bits per heavy atom. The van der Waals surface area contributed by atoms with E-state index in [2.05, 4.69) is 33.1 Å². The minimum atomic E-state index is -0.494. The number of esters is 1. The molecule has 0 aliphatic heterocycles. The van der Waals surface area contributed by atoms with Crippen molar-refractivity contribution in [2.24, 2.45) is 15.7 Å². The van der Waals surface area contributed by atoms with E-state index in [1.807, 2.05) is 221 Å². The van der Waals surface area contributed by atoms with Gasteiger partial charge in [0.05, 0.1) is 17.5 Å². The number of hydrogen-bond donors (Lipinski definition) is 1. The minimum Gasteiger partial charge on any atom is -0.459 e. The lowest BCUT2D eigenvalue weighted by Gasteiger charge is -2.18. The van der Waals surface area contributed by atoms with Crippen LogP contribution in [0.4, 0.5) is 0 Å². The molecule has 7 aromatic carbocycles. The van der Waals surface area contributed by atoms with Gasteiger partial charge in [-0.2, -0.15) is 0 Å². The van der Waals surface area contributed by atoms with E-state index in [9.17, 15) is 14.4 Å². The highest BCUT2D eigenvalue weighted by atomic mass is 79.9. The zero-order valence-electron chi connectivity index (χ0n) is 40.2. The molecule has 2 atom stereocenters. The molecular formula is C59H63BrN3O4+. The fourth-order valence-electron chi connectivity index (χ4n) is 6.42.